The molecule has 0 aromatic rings. The van der Waals surface area contributed by atoms with Gasteiger partial charge in [0.2, 0.25) is 0 Å². The van der Waals surface area contributed by atoms with E-state index in [0.29, 0.717) is 6.61 Å². The van der Waals surface area contributed by atoms with Crippen LogP contribution in [0.25, 0.3) is 0 Å². The van der Waals surface area contributed by atoms with Crippen molar-refractivity contribution in [1.82, 2.24) is 0 Å². The first-order valence-electron chi connectivity index (χ1n) is 5.78. The highest BCUT2D eigenvalue weighted by molar-refractivity contribution is 4.76. The summed E-state index contributed by atoms with van der Waals surface area (Å²) in [7, 11) is 1.71. The van der Waals surface area contributed by atoms with Gasteiger partial charge in [-0.3, -0.25) is 0 Å². The number of ether oxygens (including phenoxy) is 2. The summed E-state index contributed by atoms with van der Waals surface area (Å²) in [6.07, 6.45) is 3.03. The van der Waals surface area contributed by atoms with Crippen LogP contribution in [-0.4, -0.2) is 31.5 Å². The largest absolute Gasteiger partial charge is 0.376 e. The third-order valence-electron chi connectivity index (χ3n) is 2.98. The molecule has 1 atom stereocenters. The molecule has 0 heterocycles. The molecule has 15 heavy (non-hydrogen) atoms. The monoisotopic (exact) mass is 217 g/mol. The molecule has 0 aliphatic heterocycles. The van der Waals surface area contributed by atoms with Crippen LogP contribution in [0.4, 0.5) is 0 Å². The summed E-state index contributed by atoms with van der Waals surface area (Å²) in [6.45, 7) is 9.72. The molecule has 0 aromatic carbocycles. The van der Waals surface area contributed by atoms with E-state index in [2.05, 4.69) is 13.8 Å². The Morgan fingerprint density at radius 3 is 2.20 bits per heavy atom. The van der Waals surface area contributed by atoms with Crippen LogP contribution in [0.2, 0.25) is 0 Å². The van der Waals surface area contributed by atoms with Crippen molar-refractivity contribution in [3.8, 4) is 0 Å². The Morgan fingerprint density at radius 2 is 1.80 bits per heavy atom. The van der Waals surface area contributed by atoms with Gasteiger partial charge in [0.1, 0.15) is 0 Å². The molecule has 1 unspecified atom stereocenters. The van der Waals surface area contributed by atoms with Crippen LogP contribution in [0.5, 0.6) is 0 Å². The Kier molecular flexibility index (Phi) is 6.41. The molecule has 0 saturated carbocycles. The van der Waals surface area contributed by atoms with E-state index >= 15 is 0 Å². The van der Waals surface area contributed by atoms with Gasteiger partial charge in [-0.15, -0.1) is 0 Å². The van der Waals surface area contributed by atoms with Crippen molar-refractivity contribution in [1.29, 1.82) is 0 Å². The quantitative estimate of drug-likeness (QED) is 0.678. The highest BCUT2D eigenvalue weighted by atomic mass is 16.5. The normalized spacial score (nSPS) is 16.4. The van der Waals surface area contributed by atoms with Gasteiger partial charge in [0.25, 0.3) is 0 Å². The van der Waals surface area contributed by atoms with Gasteiger partial charge in [-0.05, 0) is 46.6 Å². The van der Waals surface area contributed by atoms with E-state index in [1.54, 1.807) is 7.11 Å². The Morgan fingerprint density at radius 1 is 1.20 bits per heavy atom. The van der Waals surface area contributed by atoms with Gasteiger partial charge in [0.15, 0.2) is 0 Å². The molecule has 3 nitrogen and oxygen atoms in total. The molecule has 0 aromatic heterocycles. The second-order valence-electron chi connectivity index (χ2n) is 4.95. The molecular weight excluding hydrogens is 190 g/mol. The highest BCUT2D eigenvalue weighted by Gasteiger charge is 2.26. The van der Waals surface area contributed by atoms with E-state index in [-0.39, 0.29) is 11.2 Å². The maximum atomic E-state index is 5.96. The van der Waals surface area contributed by atoms with E-state index in [0.717, 1.165) is 25.8 Å². The SMILES string of the molecule is CCC(C)(CCCN)OCC(C)(C)OC. The molecular formula is C12H27NO2. The van der Waals surface area contributed by atoms with Gasteiger partial charge in [-0.2, -0.15) is 0 Å². The lowest BCUT2D eigenvalue weighted by Gasteiger charge is -2.33. The molecule has 92 valence electrons. The molecule has 0 amide bonds. The number of nitrogens with two attached hydrogens (primary N) is 1. The van der Waals surface area contributed by atoms with Crippen LogP contribution >= 0.6 is 0 Å². The lowest BCUT2D eigenvalue weighted by atomic mass is 9.96. The maximum Gasteiger partial charge on any atom is 0.0855 e. The number of methoxy groups -OCH3 is 1. The average Bonchev–Trinajstić information content (AvgIpc) is 2.24. The van der Waals surface area contributed by atoms with Gasteiger partial charge in [0, 0.05) is 7.11 Å². The van der Waals surface area contributed by atoms with E-state index in [1.807, 2.05) is 13.8 Å². The van der Waals surface area contributed by atoms with Gasteiger partial charge in [-0.1, -0.05) is 6.92 Å². The Balaban J connectivity index is 4.08. The molecule has 3 heteroatoms. The summed E-state index contributed by atoms with van der Waals surface area (Å²) in [5.41, 5.74) is 5.25. The van der Waals surface area contributed by atoms with Crippen LogP contribution in [0.1, 0.15) is 47.0 Å². The molecule has 0 saturated heterocycles. The first kappa shape index (κ1) is 14.9. The maximum absolute atomic E-state index is 5.96. The zero-order valence-electron chi connectivity index (χ0n) is 10.9. The van der Waals surface area contributed by atoms with Crippen LogP contribution in [0, 0.1) is 0 Å². The summed E-state index contributed by atoms with van der Waals surface area (Å²) in [5, 5.41) is 0. The van der Waals surface area contributed by atoms with Gasteiger partial charge >= 0.3 is 0 Å². The van der Waals surface area contributed by atoms with E-state index in [4.69, 9.17) is 15.2 Å². The predicted octanol–water partition coefficient (Wildman–Crippen LogP) is 2.34. The van der Waals surface area contributed by atoms with Crippen LogP contribution in [-0.2, 0) is 9.47 Å². The lowest BCUT2D eigenvalue weighted by Crippen LogP contribution is -2.37. The van der Waals surface area contributed by atoms with Crippen molar-refractivity contribution in [2.75, 3.05) is 20.3 Å². The molecule has 0 radical (unpaired) electrons. The number of hydrogen-bond donors (Lipinski definition) is 1. The van der Waals surface area contributed by atoms with Crippen LogP contribution < -0.4 is 5.73 Å². The van der Waals surface area contributed by atoms with Gasteiger partial charge in [0.05, 0.1) is 17.8 Å². The smallest absolute Gasteiger partial charge is 0.0855 e. The first-order chi connectivity index (χ1) is 6.89. The van der Waals surface area contributed by atoms with E-state index in [1.165, 1.54) is 0 Å². The molecule has 0 aliphatic carbocycles. The molecule has 2 N–H and O–H groups in total. The van der Waals surface area contributed by atoms with Crippen molar-refractivity contribution in [2.24, 2.45) is 5.73 Å². The predicted molar refractivity (Wildman–Crippen MR) is 64.0 cm³/mol. The van der Waals surface area contributed by atoms with E-state index in [9.17, 15) is 0 Å². The number of rotatable bonds is 8. The minimum atomic E-state index is -0.209. The van der Waals surface area contributed by atoms with Crippen molar-refractivity contribution in [3.05, 3.63) is 0 Å². The van der Waals surface area contributed by atoms with Crippen LogP contribution in [0.3, 0.4) is 0 Å². The zero-order valence-corrected chi connectivity index (χ0v) is 10.9. The van der Waals surface area contributed by atoms with Crippen LogP contribution in [0.15, 0.2) is 0 Å². The summed E-state index contributed by atoms with van der Waals surface area (Å²) in [5.74, 6) is 0. The average molecular weight is 217 g/mol. The van der Waals surface area contributed by atoms with Crippen molar-refractivity contribution in [2.45, 2.75) is 58.2 Å². The standard InChI is InChI=1S/C12H27NO2/c1-6-12(4,8-7-9-13)15-10-11(2,3)14-5/h6-10,13H2,1-5H3. The van der Waals surface area contributed by atoms with Crippen molar-refractivity contribution >= 4 is 0 Å². The summed E-state index contributed by atoms with van der Waals surface area (Å²) < 4.78 is 11.3. The summed E-state index contributed by atoms with van der Waals surface area (Å²) in [6, 6.07) is 0. The summed E-state index contributed by atoms with van der Waals surface area (Å²) >= 11 is 0. The topological polar surface area (TPSA) is 44.5 Å². The third kappa shape index (κ3) is 6.13. The van der Waals surface area contributed by atoms with E-state index < -0.39 is 0 Å². The molecule has 0 bridgehead atoms. The van der Waals surface area contributed by atoms with Crippen molar-refractivity contribution in [3.63, 3.8) is 0 Å². The fourth-order valence-electron chi connectivity index (χ4n) is 1.23. The first-order valence-corrected chi connectivity index (χ1v) is 5.78. The molecule has 0 aliphatic rings. The van der Waals surface area contributed by atoms with Crippen molar-refractivity contribution < 1.29 is 9.47 Å². The fraction of sp³-hybridized carbons (Fsp3) is 1.00. The minimum Gasteiger partial charge on any atom is -0.376 e. The third-order valence-corrected chi connectivity index (χ3v) is 2.98. The van der Waals surface area contributed by atoms with Gasteiger partial charge < -0.3 is 15.2 Å². The lowest BCUT2D eigenvalue weighted by molar-refractivity contribution is -0.117. The molecule has 0 rings (SSSR count). The summed E-state index contributed by atoms with van der Waals surface area (Å²) in [4.78, 5) is 0. The second kappa shape index (κ2) is 6.46. The number of hydrogen-bond acceptors (Lipinski definition) is 3. The Labute approximate surface area is 94.3 Å². The highest BCUT2D eigenvalue weighted by Crippen LogP contribution is 2.23. The van der Waals surface area contributed by atoms with Gasteiger partial charge in [-0.25, -0.2) is 0 Å². The fourth-order valence-corrected chi connectivity index (χ4v) is 1.23. The minimum absolute atomic E-state index is 0.0603. The molecule has 0 spiro atoms. The molecule has 0 fully saturated rings. The zero-order chi connectivity index (χ0) is 11.9. The second-order valence-corrected chi connectivity index (χ2v) is 4.95. The Hall–Kier alpha value is -0.120. The Bertz CT molecular complexity index is 171.